The third kappa shape index (κ3) is 1.05. The maximum Gasteiger partial charge on any atom is 0.245 e. The fourth-order valence-corrected chi connectivity index (χ4v) is 1.96. The number of fused-ring (bicyclic) bond motifs is 1. The molecule has 2 unspecified atom stereocenters. The number of rotatable bonds is 2. The quantitative estimate of drug-likeness (QED) is 0.394. The second-order valence-electron chi connectivity index (χ2n) is 3.48. The molecule has 2 rings (SSSR count). The maximum atomic E-state index is 11.7. The van der Waals surface area contributed by atoms with Crippen molar-refractivity contribution in [3.63, 3.8) is 0 Å². The van der Waals surface area contributed by atoms with E-state index >= 15 is 0 Å². The van der Waals surface area contributed by atoms with Crippen molar-refractivity contribution in [2.75, 3.05) is 0 Å². The van der Waals surface area contributed by atoms with Crippen molar-refractivity contribution >= 4 is 17.6 Å². The van der Waals surface area contributed by atoms with Gasteiger partial charge in [0.15, 0.2) is 5.78 Å². The Hall–Kier alpha value is -1.97. The summed E-state index contributed by atoms with van der Waals surface area (Å²) in [5, 5.41) is 2.17. The van der Waals surface area contributed by atoms with Gasteiger partial charge in [0.2, 0.25) is 11.8 Å². The predicted octanol–water partition coefficient (Wildman–Crippen LogP) is 0.126. The molecule has 0 radical (unpaired) electrons. The van der Waals surface area contributed by atoms with Gasteiger partial charge in [-0.2, -0.15) is 0 Å². The van der Waals surface area contributed by atoms with E-state index in [4.69, 9.17) is 0 Å². The van der Waals surface area contributed by atoms with Gasteiger partial charge < -0.3 is 0 Å². The van der Waals surface area contributed by atoms with Crippen molar-refractivity contribution in [2.45, 2.75) is 0 Å². The third-order valence-electron chi connectivity index (χ3n) is 2.75. The highest BCUT2D eigenvalue weighted by Gasteiger charge is 2.57. The van der Waals surface area contributed by atoms with Crippen molar-refractivity contribution in [3.05, 3.63) is 37.0 Å². The number of hydrogen-bond acceptors (Lipinski definition) is 3. The zero-order valence-corrected chi connectivity index (χ0v) is 7.90. The van der Waals surface area contributed by atoms with Gasteiger partial charge in [0.1, 0.15) is 5.41 Å². The molecule has 2 amide bonds. The fourth-order valence-electron chi connectivity index (χ4n) is 1.96. The number of ketones is 1. The van der Waals surface area contributed by atoms with Crippen LogP contribution in [0.3, 0.4) is 0 Å². The Morgan fingerprint density at radius 3 is 2.87 bits per heavy atom. The van der Waals surface area contributed by atoms with Gasteiger partial charge in [-0.1, -0.05) is 30.9 Å². The van der Waals surface area contributed by atoms with Crippen LogP contribution in [-0.2, 0) is 14.4 Å². The van der Waals surface area contributed by atoms with Crippen molar-refractivity contribution < 1.29 is 14.4 Å². The molecule has 76 valence electrons. The van der Waals surface area contributed by atoms with Gasteiger partial charge in [-0.05, 0) is 6.08 Å². The van der Waals surface area contributed by atoms with E-state index in [1.807, 2.05) is 0 Å². The van der Waals surface area contributed by atoms with Crippen LogP contribution in [0.5, 0.6) is 0 Å². The first-order valence-electron chi connectivity index (χ1n) is 4.51. The molecule has 2 atom stereocenters. The van der Waals surface area contributed by atoms with Crippen LogP contribution in [0.25, 0.3) is 0 Å². The summed E-state index contributed by atoms with van der Waals surface area (Å²) in [5.41, 5.74) is -1.40. The molecule has 1 saturated heterocycles. The highest BCUT2D eigenvalue weighted by Crippen LogP contribution is 2.39. The Morgan fingerprint density at radius 2 is 2.20 bits per heavy atom. The van der Waals surface area contributed by atoms with Crippen LogP contribution in [0.2, 0.25) is 0 Å². The van der Waals surface area contributed by atoms with E-state index in [0.29, 0.717) is 0 Å². The van der Waals surface area contributed by atoms with Crippen LogP contribution in [-0.4, -0.2) is 17.6 Å². The molecule has 0 bridgehead atoms. The second kappa shape index (κ2) is 3.02. The maximum absolute atomic E-state index is 11.7. The molecule has 2 aliphatic rings. The Labute approximate surface area is 86.3 Å². The first kappa shape index (κ1) is 9.58. The van der Waals surface area contributed by atoms with Gasteiger partial charge in [0.05, 0.1) is 5.92 Å². The van der Waals surface area contributed by atoms with Crippen LogP contribution in [0.15, 0.2) is 37.0 Å². The molecule has 1 heterocycles. The van der Waals surface area contributed by atoms with Gasteiger partial charge in [-0.25, -0.2) is 0 Å². The first-order valence-corrected chi connectivity index (χ1v) is 4.51. The average molecular weight is 203 g/mol. The van der Waals surface area contributed by atoms with Crippen LogP contribution in [0, 0.1) is 11.3 Å². The SMILES string of the molecule is C=CC(=O)C12C=CC=CC1C(=O)NC2=O. The summed E-state index contributed by atoms with van der Waals surface area (Å²) in [5.74, 6) is -2.18. The van der Waals surface area contributed by atoms with Gasteiger partial charge >= 0.3 is 0 Å². The number of carbonyl (C=O) groups excluding carboxylic acids is 3. The molecule has 0 spiro atoms. The molecule has 15 heavy (non-hydrogen) atoms. The molecule has 0 saturated carbocycles. The second-order valence-corrected chi connectivity index (χ2v) is 3.48. The van der Waals surface area contributed by atoms with Gasteiger partial charge in [0, 0.05) is 0 Å². The van der Waals surface area contributed by atoms with Gasteiger partial charge in [-0.3, -0.25) is 19.7 Å². The molecule has 1 aliphatic heterocycles. The largest absolute Gasteiger partial charge is 0.295 e. The number of hydrogen-bond donors (Lipinski definition) is 1. The van der Waals surface area contributed by atoms with Crippen molar-refractivity contribution in [1.29, 1.82) is 0 Å². The average Bonchev–Trinajstić information content (AvgIpc) is 2.52. The highest BCUT2D eigenvalue weighted by atomic mass is 16.2. The summed E-state index contributed by atoms with van der Waals surface area (Å²) in [6.07, 6.45) is 7.34. The number of imide groups is 1. The van der Waals surface area contributed by atoms with E-state index in [9.17, 15) is 14.4 Å². The normalized spacial score (nSPS) is 32.4. The lowest BCUT2D eigenvalue weighted by atomic mass is 9.71. The summed E-state index contributed by atoms with van der Waals surface area (Å²) < 4.78 is 0. The first-order chi connectivity index (χ1) is 7.13. The number of nitrogens with one attached hydrogen (secondary N) is 1. The third-order valence-corrected chi connectivity index (χ3v) is 2.75. The van der Waals surface area contributed by atoms with Crippen molar-refractivity contribution in [3.8, 4) is 0 Å². The number of amides is 2. The molecule has 4 nitrogen and oxygen atoms in total. The Kier molecular flexibility index (Phi) is 1.93. The van der Waals surface area contributed by atoms with E-state index in [0.717, 1.165) is 6.08 Å². The van der Waals surface area contributed by atoms with Crippen LogP contribution in [0.4, 0.5) is 0 Å². The van der Waals surface area contributed by atoms with E-state index < -0.39 is 28.9 Å². The molecule has 0 aromatic carbocycles. The van der Waals surface area contributed by atoms with Crippen LogP contribution < -0.4 is 5.32 Å². The zero-order valence-electron chi connectivity index (χ0n) is 7.90. The highest BCUT2D eigenvalue weighted by molar-refractivity contribution is 6.23. The van der Waals surface area contributed by atoms with Crippen LogP contribution >= 0.6 is 0 Å². The molecular formula is C11H9NO3. The van der Waals surface area contributed by atoms with E-state index in [2.05, 4.69) is 11.9 Å². The standard InChI is InChI=1S/C11H9NO3/c1-2-8(13)11-6-4-3-5-7(11)9(14)12-10(11)15/h2-7H,1H2,(H,12,14,15). The summed E-state index contributed by atoms with van der Waals surface area (Å²) >= 11 is 0. The Bertz CT molecular complexity index is 433. The Morgan fingerprint density at radius 1 is 1.47 bits per heavy atom. The Balaban J connectivity index is 2.59. The molecular weight excluding hydrogens is 194 g/mol. The predicted molar refractivity (Wildman–Crippen MR) is 52.6 cm³/mol. The molecule has 4 heteroatoms. The topological polar surface area (TPSA) is 63.2 Å². The van der Waals surface area contributed by atoms with Crippen molar-refractivity contribution in [1.82, 2.24) is 5.32 Å². The minimum Gasteiger partial charge on any atom is -0.295 e. The monoisotopic (exact) mass is 203 g/mol. The molecule has 0 aromatic heterocycles. The van der Waals surface area contributed by atoms with E-state index in [1.54, 1.807) is 18.2 Å². The van der Waals surface area contributed by atoms with Crippen LogP contribution in [0.1, 0.15) is 0 Å². The summed E-state index contributed by atoms with van der Waals surface area (Å²) in [4.78, 5) is 34.8. The molecule has 1 fully saturated rings. The number of allylic oxidation sites excluding steroid dienone is 3. The van der Waals surface area contributed by atoms with Crippen molar-refractivity contribution in [2.24, 2.45) is 11.3 Å². The summed E-state index contributed by atoms with van der Waals surface area (Å²) in [6, 6.07) is 0. The zero-order chi connectivity index (χ0) is 11.1. The van der Waals surface area contributed by atoms with E-state index in [-0.39, 0.29) is 0 Å². The fraction of sp³-hybridized carbons (Fsp3) is 0.182. The molecule has 1 aliphatic carbocycles. The number of carbonyl (C=O) groups is 3. The van der Waals surface area contributed by atoms with E-state index in [1.165, 1.54) is 6.08 Å². The smallest absolute Gasteiger partial charge is 0.245 e. The minimum absolute atomic E-state index is 0.434. The lowest BCUT2D eigenvalue weighted by Crippen LogP contribution is -2.40. The minimum atomic E-state index is -1.40. The van der Waals surface area contributed by atoms with Gasteiger partial charge in [0.25, 0.3) is 0 Å². The molecule has 0 aromatic rings. The molecule has 1 N–H and O–H groups in total. The summed E-state index contributed by atoms with van der Waals surface area (Å²) in [6.45, 7) is 3.35. The lowest BCUT2D eigenvalue weighted by molar-refractivity contribution is -0.135. The lowest BCUT2D eigenvalue weighted by Gasteiger charge is -2.24. The van der Waals surface area contributed by atoms with Gasteiger partial charge in [-0.15, -0.1) is 0 Å². The summed E-state index contributed by atoms with van der Waals surface area (Å²) in [7, 11) is 0.